The largest absolute Gasteiger partial charge is 0.508 e. The van der Waals surface area contributed by atoms with Crippen molar-refractivity contribution in [2.45, 2.75) is 18.9 Å². The Morgan fingerprint density at radius 3 is 2.75 bits per heavy atom. The van der Waals surface area contributed by atoms with E-state index in [1.54, 1.807) is 0 Å². The lowest BCUT2D eigenvalue weighted by Crippen LogP contribution is -2.48. The molecule has 2 rings (SSSR count). The number of hydrogen-bond acceptors (Lipinski definition) is 4. The van der Waals surface area contributed by atoms with Crippen molar-refractivity contribution in [3.05, 3.63) is 23.8 Å². The minimum absolute atomic E-state index is 0.121. The van der Waals surface area contributed by atoms with Gasteiger partial charge in [0, 0.05) is 6.61 Å². The fourth-order valence-corrected chi connectivity index (χ4v) is 2.01. The van der Waals surface area contributed by atoms with E-state index in [0.29, 0.717) is 19.6 Å². The topological polar surface area (TPSA) is 108 Å². The highest BCUT2D eigenvalue weighted by Gasteiger charge is 2.31. The number of carbonyl (C=O) groups is 2. The summed E-state index contributed by atoms with van der Waals surface area (Å²) in [6.45, 7) is 2.85. The Hall–Kier alpha value is -2.28. The number of nitrogens with one attached hydrogen (secondary N) is 2. The van der Waals surface area contributed by atoms with E-state index >= 15 is 0 Å². The molecule has 7 heteroatoms. The first-order valence-electron chi connectivity index (χ1n) is 6.13. The number of phenols is 1. The highest BCUT2D eigenvalue weighted by Crippen LogP contribution is 2.22. The summed E-state index contributed by atoms with van der Waals surface area (Å²) < 4.78 is 5.22. The normalized spacial score (nSPS) is 21.4. The maximum absolute atomic E-state index is 11.9. The number of amides is 2. The Kier molecular flexibility index (Phi) is 3.80. The van der Waals surface area contributed by atoms with Crippen molar-refractivity contribution in [1.29, 1.82) is 0 Å². The molecule has 1 unspecified atom stereocenters. The second kappa shape index (κ2) is 5.38. The number of phenolic OH excluding ortho intramolecular Hbond substituents is 1. The van der Waals surface area contributed by atoms with E-state index < -0.39 is 17.5 Å². The van der Waals surface area contributed by atoms with Crippen molar-refractivity contribution in [3.63, 3.8) is 0 Å². The van der Waals surface area contributed by atoms with Gasteiger partial charge in [-0.3, -0.25) is 0 Å². The number of carboxylic acids is 1. The lowest BCUT2D eigenvalue weighted by atomic mass is 10.0. The summed E-state index contributed by atoms with van der Waals surface area (Å²) in [5.74, 6) is -1.41. The molecule has 1 aliphatic rings. The predicted molar refractivity (Wildman–Crippen MR) is 71.1 cm³/mol. The molecular formula is C13H16N2O5. The standard InChI is InChI=1S/C13H16N2O5/c1-13(4-5-20-7-13)15-12(19)14-10-3-2-8(16)6-9(10)11(17)18/h2-3,6,16H,4-5,7H2,1H3,(H,17,18)(H2,14,15,19). The van der Waals surface area contributed by atoms with Gasteiger partial charge in [0.1, 0.15) is 5.75 Å². The molecule has 0 aromatic heterocycles. The van der Waals surface area contributed by atoms with Gasteiger partial charge in [0.2, 0.25) is 0 Å². The van der Waals surface area contributed by atoms with Crippen LogP contribution in [0.4, 0.5) is 10.5 Å². The smallest absolute Gasteiger partial charge is 0.337 e. The van der Waals surface area contributed by atoms with Crippen LogP contribution in [0.3, 0.4) is 0 Å². The zero-order valence-corrected chi connectivity index (χ0v) is 11.0. The number of benzene rings is 1. The molecule has 1 fully saturated rings. The van der Waals surface area contributed by atoms with E-state index in [-0.39, 0.29) is 17.0 Å². The van der Waals surface area contributed by atoms with E-state index in [1.165, 1.54) is 12.1 Å². The third kappa shape index (κ3) is 3.18. The van der Waals surface area contributed by atoms with E-state index in [2.05, 4.69) is 10.6 Å². The van der Waals surface area contributed by atoms with E-state index in [4.69, 9.17) is 9.84 Å². The lowest BCUT2D eigenvalue weighted by Gasteiger charge is -2.23. The van der Waals surface area contributed by atoms with Crippen LogP contribution in [-0.2, 0) is 4.74 Å². The van der Waals surface area contributed by atoms with Gasteiger partial charge in [-0.25, -0.2) is 9.59 Å². The van der Waals surface area contributed by atoms with Gasteiger partial charge in [-0.2, -0.15) is 0 Å². The third-order valence-corrected chi connectivity index (χ3v) is 3.12. The van der Waals surface area contributed by atoms with Crippen molar-refractivity contribution < 1.29 is 24.5 Å². The first-order chi connectivity index (χ1) is 9.39. The molecule has 20 heavy (non-hydrogen) atoms. The van der Waals surface area contributed by atoms with Gasteiger partial charge in [0.05, 0.1) is 23.4 Å². The quantitative estimate of drug-likeness (QED) is 0.626. The first kappa shape index (κ1) is 14.1. The number of carboxylic acid groups (broad SMARTS) is 1. The second-order valence-corrected chi connectivity index (χ2v) is 4.98. The number of rotatable bonds is 3. The van der Waals surface area contributed by atoms with Crippen molar-refractivity contribution >= 4 is 17.7 Å². The molecule has 1 aromatic rings. The number of hydrogen-bond donors (Lipinski definition) is 4. The van der Waals surface area contributed by atoms with Crippen LogP contribution < -0.4 is 10.6 Å². The molecule has 0 saturated carbocycles. The molecule has 4 N–H and O–H groups in total. The van der Waals surface area contributed by atoms with E-state index in [9.17, 15) is 14.7 Å². The summed E-state index contributed by atoms with van der Waals surface area (Å²) in [6, 6.07) is 3.22. The van der Waals surface area contributed by atoms with Crippen molar-refractivity contribution in [2.75, 3.05) is 18.5 Å². The molecule has 2 amide bonds. The van der Waals surface area contributed by atoms with E-state index in [0.717, 1.165) is 6.07 Å². The SMILES string of the molecule is CC1(NC(=O)Nc2ccc(O)cc2C(=O)O)CCOC1. The zero-order chi connectivity index (χ0) is 14.8. The molecule has 0 aliphatic carbocycles. The second-order valence-electron chi connectivity index (χ2n) is 4.98. The Bertz CT molecular complexity index is 538. The number of aromatic carboxylic acids is 1. The first-order valence-corrected chi connectivity index (χ1v) is 6.13. The summed E-state index contributed by atoms with van der Waals surface area (Å²) in [6.07, 6.45) is 0.696. The van der Waals surface area contributed by atoms with Gasteiger partial charge in [0.25, 0.3) is 0 Å². The Labute approximate surface area is 115 Å². The van der Waals surface area contributed by atoms with Crippen LogP contribution in [0.5, 0.6) is 5.75 Å². The van der Waals surface area contributed by atoms with Crippen LogP contribution in [0.1, 0.15) is 23.7 Å². The molecule has 1 saturated heterocycles. The fourth-order valence-electron chi connectivity index (χ4n) is 2.01. The molecule has 0 bridgehead atoms. The average molecular weight is 280 g/mol. The van der Waals surface area contributed by atoms with Gasteiger partial charge >= 0.3 is 12.0 Å². The zero-order valence-electron chi connectivity index (χ0n) is 11.0. The van der Waals surface area contributed by atoms with Crippen LogP contribution in [0, 0.1) is 0 Å². The number of anilines is 1. The molecule has 0 radical (unpaired) electrons. The minimum Gasteiger partial charge on any atom is -0.508 e. The van der Waals surface area contributed by atoms with Gasteiger partial charge < -0.3 is 25.6 Å². The molecule has 108 valence electrons. The Morgan fingerprint density at radius 1 is 1.40 bits per heavy atom. The Morgan fingerprint density at radius 2 is 2.15 bits per heavy atom. The number of ether oxygens (including phenoxy) is 1. The summed E-state index contributed by atoms with van der Waals surface area (Å²) >= 11 is 0. The summed E-state index contributed by atoms with van der Waals surface area (Å²) in [7, 11) is 0. The maximum atomic E-state index is 11.9. The summed E-state index contributed by atoms with van der Waals surface area (Å²) in [4.78, 5) is 23.0. The maximum Gasteiger partial charge on any atom is 0.337 e. The van der Waals surface area contributed by atoms with Crippen LogP contribution in [0.15, 0.2) is 18.2 Å². The molecule has 1 heterocycles. The predicted octanol–water partition coefficient (Wildman–Crippen LogP) is 1.39. The molecule has 1 atom stereocenters. The number of carbonyl (C=O) groups excluding carboxylic acids is 1. The number of urea groups is 1. The van der Waals surface area contributed by atoms with Gasteiger partial charge in [-0.15, -0.1) is 0 Å². The van der Waals surface area contributed by atoms with Crippen molar-refractivity contribution in [3.8, 4) is 5.75 Å². The van der Waals surface area contributed by atoms with E-state index in [1.807, 2.05) is 6.92 Å². The van der Waals surface area contributed by atoms with Gasteiger partial charge in [0.15, 0.2) is 0 Å². The van der Waals surface area contributed by atoms with Crippen molar-refractivity contribution in [1.82, 2.24) is 5.32 Å². The number of aromatic hydroxyl groups is 1. The van der Waals surface area contributed by atoms with Crippen LogP contribution in [-0.4, -0.2) is 41.0 Å². The van der Waals surface area contributed by atoms with Crippen LogP contribution in [0.25, 0.3) is 0 Å². The fraction of sp³-hybridized carbons (Fsp3) is 0.385. The molecule has 7 nitrogen and oxygen atoms in total. The van der Waals surface area contributed by atoms with Crippen LogP contribution in [0.2, 0.25) is 0 Å². The van der Waals surface area contributed by atoms with Crippen molar-refractivity contribution in [2.24, 2.45) is 0 Å². The van der Waals surface area contributed by atoms with Gasteiger partial charge in [-0.1, -0.05) is 0 Å². The molecule has 1 aliphatic heterocycles. The minimum atomic E-state index is -1.23. The molecule has 0 spiro atoms. The molecule has 1 aromatic carbocycles. The molecular weight excluding hydrogens is 264 g/mol. The highest BCUT2D eigenvalue weighted by molar-refractivity contribution is 6.00. The monoisotopic (exact) mass is 280 g/mol. The average Bonchev–Trinajstić information content (AvgIpc) is 2.77. The van der Waals surface area contributed by atoms with Gasteiger partial charge in [-0.05, 0) is 31.5 Å². The lowest BCUT2D eigenvalue weighted by molar-refractivity contribution is 0.0697. The Balaban J connectivity index is 2.09. The third-order valence-electron chi connectivity index (χ3n) is 3.12. The highest BCUT2D eigenvalue weighted by atomic mass is 16.5. The van der Waals surface area contributed by atoms with Crippen LogP contribution >= 0.6 is 0 Å². The summed E-state index contributed by atoms with van der Waals surface area (Å²) in [5, 5.41) is 23.5. The summed E-state index contributed by atoms with van der Waals surface area (Å²) in [5.41, 5.74) is -0.506.